The number of aromatic amines is 1. The van der Waals surface area contributed by atoms with Gasteiger partial charge in [-0.05, 0) is 49.2 Å². The van der Waals surface area contributed by atoms with Crippen LogP contribution in [0.5, 0.6) is 0 Å². The standard InChI is InChI=1S/C16H15FN2S/c1-9-2-5-14(20-9)16-15-11(6-7-18-16)12-8-10(17)3-4-13(12)19-15/h2-5,8,16,18-19H,6-7H2,1H3. The van der Waals surface area contributed by atoms with Gasteiger partial charge >= 0.3 is 0 Å². The number of aromatic nitrogens is 1. The van der Waals surface area contributed by atoms with Gasteiger partial charge in [-0.2, -0.15) is 0 Å². The third-order valence-electron chi connectivity index (χ3n) is 3.96. The lowest BCUT2D eigenvalue weighted by Gasteiger charge is -2.23. The second-order valence-corrected chi connectivity index (χ2v) is 6.61. The minimum Gasteiger partial charge on any atom is -0.357 e. The van der Waals surface area contributed by atoms with E-state index in [4.69, 9.17) is 0 Å². The van der Waals surface area contributed by atoms with Crippen LogP contribution in [0.1, 0.15) is 27.1 Å². The minimum atomic E-state index is -0.165. The molecule has 1 aromatic carbocycles. The van der Waals surface area contributed by atoms with Gasteiger partial charge < -0.3 is 10.3 Å². The van der Waals surface area contributed by atoms with E-state index < -0.39 is 0 Å². The monoisotopic (exact) mass is 286 g/mol. The number of nitrogens with one attached hydrogen (secondary N) is 2. The molecular weight excluding hydrogens is 271 g/mol. The molecule has 1 atom stereocenters. The predicted molar refractivity (Wildman–Crippen MR) is 80.9 cm³/mol. The average molecular weight is 286 g/mol. The highest BCUT2D eigenvalue weighted by atomic mass is 32.1. The molecule has 4 rings (SSSR count). The van der Waals surface area contributed by atoms with Crippen molar-refractivity contribution in [3.05, 3.63) is 57.2 Å². The Kier molecular flexibility index (Phi) is 2.69. The van der Waals surface area contributed by atoms with E-state index in [9.17, 15) is 4.39 Å². The molecule has 1 unspecified atom stereocenters. The van der Waals surface area contributed by atoms with Crippen LogP contribution in [0.25, 0.3) is 10.9 Å². The van der Waals surface area contributed by atoms with Crippen LogP contribution in [0.3, 0.4) is 0 Å². The summed E-state index contributed by atoms with van der Waals surface area (Å²) >= 11 is 1.81. The quantitative estimate of drug-likeness (QED) is 0.697. The van der Waals surface area contributed by atoms with Crippen LogP contribution in [0.2, 0.25) is 0 Å². The Morgan fingerprint density at radius 1 is 1.25 bits per heavy atom. The number of rotatable bonds is 1. The number of H-pyrrole nitrogens is 1. The van der Waals surface area contributed by atoms with Gasteiger partial charge in [0.2, 0.25) is 0 Å². The molecule has 20 heavy (non-hydrogen) atoms. The SMILES string of the molecule is Cc1ccc(C2NCCc3c2[nH]c2ccc(F)cc32)s1. The molecule has 1 aliphatic rings. The van der Waals surface area contributed by atoms with Gasteiger partial charge in [0, 0.05) is 32.9 Å². The smallest absolute Gasteiger partial charge is 0.123 e. The number of thiophene rings is 1. The molecule has 0 fully saturated rings. The lowest BCUT2D eigenvalue weighted by Crippen LogP contribution is -2.29. The zero-order valence-corrected chi connectivity index (χ0v) is 12.0. The van der Waals surface area contributed by atoms with Gasteiger partial charge in [0.15, 0.2) is 0 Å². The topological polar surface area (TPSA) is 27.8 Å². The third kappa shape index (κ3) is 1.79. The Labute approximate surface area is 120 Å². The molecule has 102 valence electrons. The Bertz CT molecular complexity index is 787. The summed E-state index contributed by atoms with van der Waals surface area (Å²) in [4.78, 5) is 6.11. The van der Waals surface area contributed by atoms with Gasteiger partial charge in [-0.1, -0.05) is 0 Å². The molecule has 0 bridgehead atoms. The highest BCUT2D eigenvalue weighted by Crippen LogP contribution is 2.36. The van der Waals surface area contributed by atoms with E-state index in [-0.39, 0.29) is 11.9 Å². The molecular formula is C16H15FN2S. The Morgan fingerprint density at radius 2 is 2.15 bits per heavy atom. The van der Waals surface area contributed by atoms with Gasteiger partial charge in [-0.15, -0.1) is 11.3 Å². The van der Waals surface area contributed by atoms with Crippen molar-refractivity contribution < 1.29 is 4.39 Å². The summed E-state index contributed by atoms with van der Waals surface area (Å²) in [5, 5.41) is 4.59. The molecule has 2 aromatic heterocycles. The van der Waals surface area contributed by atoms with Crippen molar-refractivity contribution in [1.82, 2.24) is 10.3 Å². The fourth-order valence-electron chi connectivity index (χ4n) is 3.05. The summed E-state index contributed by atoms with van der Waals surface area (Å²) in [7, 11) is 0. The van der Waals surface area contributed by atoms with Crippen molar-refractivity contribution in [2.75, 3.05) is 6.54 Å². The van der Waals surface area contributed by atoms with E-state index >= 15 is 0 Å². The van der Waals surface area contributed by atoms with Crippen LogP contribution in [0.15, 0.2) is 30.3 Å². The summed E-state index contributed by atoms with van der Waals surface area (Å²) < 4.78 is 13.5. The van der Waals surface area contributed by atoms with Crippen molar-refractivity contribution in [1.29, 1.82) is 0 Å². The zero-order chi connectivity index (χ0) is 13.7. The molecule has 0 aliphatic carbocycles. The second kappa shape index (κ2) is 4.43. The summed E-state index contributed by atoms with van der Waals surface area (Å²) in [5.41, 5.74) is 3.48. The van der Waals surface area contributed by atoms with Crippen LogP contribution in [0.4, 0.5) is 4.39 Å². The van der Waals surface area contributed by atoms with Crippen molar-refractivity contribution in [2.45, 2.75) is 19.4 Å². The van der Waals surface area contributed by atoms with Crippen LogP contribution >= 0.6 is 11.3 Å². The molecule has 4 heteroatoms. The van der Waals surface area contributed by atoms with E-state index in [1.165, 1.54) is 27.1 Å². The lowest BCUT2D eigenvalue weighted by molar-refractivity contribution is 0.567. The van der Waals surface area contributed by atoms with Gasteiger partial charge in [0.25, 0.3) is 0 Å². The molecule has 0 saturated carbocycles. The first-order chi connectivity index (χ1) is 9.72. The molecule has 2 nitrogen and oxygen atoms in total. The predicted octanol–water partition coefficient (Wildman–Crippen LogP) is 3.91. The third-order valence-corrected chi connectivity index (χ3v) is 5.02. The molecule has 0 spiro atoms. The lowest BCUT2D eigenvalue weighted by atomic mass is 9.98. The van der Waals surface area contributed by atoms with Crippen LogP contribution in [0, 0.1) is 12.7 Å². The number of aryl methyl sites for hydroxylation is 1. The van der Waals surface area contributed by atoms with Gasteiger partial charge in [-0.3, -0.25) is 0 Å². The number of fused-ring (bicyclic) bond motifs is 3. The second-order valence-electron chi connectivity index (χ2n) is 5.29. The van der Waals surface area contributed by atoms with E-state index in [0.29, 0.717) is 0 Å². The Hall–Kier alpha value is -1.65. The molecule has 0 amide bonds. The maximum absolute atomic E-state index is 13.5. The fourth-order valence-corrected chi connectivity index (χ4v) is 4.01. The average Bonchev–Trinajstić information content (AvgIpc) is 3.02. The molecule has 3 heterocycles. The molecule has 1 aliphatic heterocycles. The number of benzene rings is 1. The molecule has 0 radical (unpaired) electrons. The Morgan fingerprint density at radius 3 is 2.95 bits per heavy atom. The summed E-state index contributed by atoms with van der Waals surface area (Å²) in [5.74, 6) is -0.165. The summed E-state index contributed by atoms with van der Waals surface area (Å²) in [6.45, 7) is 3.05. The van der Waals surface area contributed by atoms with Gasteiger partial charge in [-0.25, -0.2) is 4.39 Å². The highest BCUT2D eigenvalue weighted by molar-refractivity contribution is 7.12. The zero-order valence-electron chi connectivity index (χ0n) is 11.2. The first kappa shape index (κ1) is 12.1. The van der Waals surface area contributed by atoms with E-state index in [1.807, 2.05) is 17.4 Å². The Balaban J connectivity index is 1.90. The van der Waals surface area contributed by atoms with Crippen LogP contribution < -0.4 is 5.32 Å². The largest absolute Gasteiger partial charge is 0.357 e. The summed E-state index contributed by atoms with van der Waals surface area (Å²) in [6, 6.07) is 9.53. The normalized spacial score (nSPS) is 18.4. The van der Waals surface area contributed by atoms with Gasteiger partial charge in [0.05, 0.1) is 6.04 Å². The minimum absolute atomic E-state index is 0.165. The van der Waals surface area contributed by atoms with E-state index in [2.05, 4.69) is 29.4 Å². The number of halogens is 1. The van der Waals surface area contributed by atoms with Crippen molar-refractivity contribution >= 4 is 22.2 Å². The maximum atomic E-state index is 13.5. The van der Waals surface area contributed by atoms with E-state index in [1.54, 1.807) is 6.07 Å². The maximum Gasteiger partial charge on any atom is 0.123 e. The van der Waals surface area contributed by atoms with E-state index in [0.717, 1.165) is 23.9 Å². The van der Waals surface area contributed by atoms with Crippen molar-refractivity contribution in [3.63, 3.8) is 0 Å². The van der Waals surface area contributed by atoms with Crippen molar-refractivity contribution in [2.24, 2.45) is 0 Å². The fraction of sp³-hybridized carbons (Fsp3) is 0.250. The van der Waals surface area contributed by atoms with Crippen LogP contribution in [-0.2, 0) is 6.42 Å². The molecule has 2 N–H and O–H groups in total. The molecule has 0 saturated heterocycles. The van der Waals surface area contributed by atoms with Crippen LogP contribution in [-0.4, -0.2) is 11.5 Å². The number of hydrogen-bond donors (Lipinski definition) is 2. The number of hydrogen-bond acceptors (Lipinski definition) is 2. The first-order valence-corrected chi connectivity index (χ1v) is 7.64. The molecule has 3 aromatic rings. The summed E-state index contributed by atoms with van der Waals surface area (Å²) in [6.07, 6.45) is 0.944. The highest BCUT2D eigenvalue weighted by Gasteiger charge is 2.26. The van der Waals surface area contributed by atoms with Gasteiger partial charge in [0.1, 0.15) is 5.82 Å². The first-order valence-electron chi connectivity index (χ1n) is 6.82. The van der Waals surface area contributed by atoms with Crippen molar-refractivity contribution in [3.8, 4) is 0 Å².